The maximum absolute atomic E-state index is 13.1. The number of carbonyl (C=O) groups is 1. The van der Waals surface area contributed by atoms with Gasteiger partial charge in [-0.1, -0.05) is 24.6 Å². The molecule has 1 saturated heterocycles. The van der Waals surface area contributed by atoms with Crippen LogP contribution in [0.3, 0.4) is 0 Å². The lowest BCUT2D eigenvalue weighted by Crippen LogP contribution is -2.50. The zero-order valence-corrected chi connectivity index (χ0v) is 14.7. The van der Waals surface area contributed by atoms with E-state index in [-0.39, 0.29) is 11.9 Å². The zero-order valence-electron chi connectivity index (χ0n) is 14.7. The molecule has 0 radical (unpaired) electrons. The molecule has 2 atom stereocenters. The number of carbonyl (C=O) groups excluding carboxylic acids is 1. The van der Waals surface area contributed by atoms with Crippen molar-refractivity contribution < 1.29 is 14.3 Å². The highest BCUT2D eigenvalue weighted by atomic mass is 16.3. The summed E-state index contributed by atoms with van der Waals surface area (Å²) in [6.07, 6.45) is 4.31. The SMILES string of the molecule is CC(O)C1CCCCN1CC(=O)N(Cc1ccco1)c1ccccc1. The number of hydrogen-bond donors (Lipinski definition) is 1. The Morgan fingerprint density at radius 3 is 2.76 bits per heavy atom. The van der Waals surface area contributed by atoms with E-state index < -0.39 is 6.10 Å². The zero-order chi connectivity index (χ0) is 17.6. The average Bonchev–Trinajstić information content (AvgIpc) is 3.14. The number of anilines is 1. The molecule has 0 spiro atoms. The number of hydrogen-bond acceptors (Lipinski definition) is 4. The first-order chi connectivity index (χ1) is 12.1. The highest BCUT2D eigenvalue weighted by Gasteiger charge is 2.29. The van der Waals surface area contributed by atoms with Crippen LogP contribution in [-0.2, 0) is 11.3 Å². The van der Waals surface area contributed by atoms with Crippen LogP contribution in [0.5, 0.6) is 0 Å². The molecule has 1 N–H and O–H groups in total. The highest BCUT2D eigenvalue weighted by molar-refractivity contribution is 5.94. The predicted molar refractivity (Wildman–Crippen MR) is 97.2 cm³/mol. The fraction of sp³-hybridized carbons (Fsp3) is 0.450. The summed E-state index contributed by atoms with van der Waals surface area (Å²) in [4.78, 5) is 16.9. The van der Waals surface area contributed by atoms with Crippen LogP contribution in [0.1, 0.15) is 31.9 Å². The normalized spacial score (nSPS) is 19.5. The van der Waals surface area contributed by atoms with Gasteiger partial charge in [0, 0.05) is 11.7 Å². The first kappa shape index (κ1) is 17.7. The van der Waals surface area contributed by atoms with Crippen LogP contribution in [-0.4, -0.2) is 41.1 Å². The van der Waals surface area contributed by atoms with E-state index in [2.05, 4.69) is 4.90 Å². The lowest BCUT2D eigenvalue weighted by atomic mass is 9.98. The minimum atomic E-state index is -0.427. The Hall–Kier alpha value is -2.11. The molecule has 0 aliphatic carbocycles. The van der Waals surface area contributed by atoms with Crippen LogP contribution in [0.15, 0.2) is 53.1 Å². The summed E-state index contributed by atoms with van der Waals surface area (Å²) in [6, 6.07) is 13.4. The number of aliphatic hydroxyl groups is 1. The molecule has 1 amide bonds. The van der Waals surface area contributed by atoms with Gasteiger partial charge in [-0.15, -0.1) is 0 Å². The Morgan fingerprint density at radius 2 is 2.08 bits per heavy atom. The average molecular weight is 342 g/mol. The van der Waals surface area contributed by atoms with E-state index in [1.807, 2.05) is 49.4 Å². The van der Waals surface area contributed by atoms with E-state index in [0.717, 1.165) is 37.3 Å². The summed E-state index contributed by atoms with van der Waals surface area (Å²) < 4.78 is 5.44. The van der Waals surface area contributed by atoms with E-state index in [1.54, 1.807) is 11.2 Å². The molecule has 5 heteroatoms. The van der Waals surface area contributed by atoms with Crippen LogP contribution in [0.4, 0.5) is 5.69 Å². The Labute approximate surface area is 148 Å². The van der Waals surface area contributed by atoms with Crippen molar-refractivity contribution in [1.82, 2.24) is 4.90 Å². The van der Waals surface area contributed by atoms with Gasteiger partial charge >= 0.3 is 0 Å². The monoisotopic (exact) mass is 342 g/mol. The van der Waals surface area contributed by atoms with Crippen LogP contribution < -0.4 is 4.90 Å². The first-order valence-corrected chi connectivity index (χ1v) is 8.95. The molecule has 2 heterocycles. The number of amides is 1. The fourth-order valence-corrected chi connectivity index (χ4v) is 3.51. The first-order valence-electron chi connectivity index (χ1n) is 8.95. The smallest absolute Gasteiger partial charge is 0.241 e. The number of likely N-dealkylation sites (tertiary alicyclic amines) is 1. The quantitative estimate of drug-likeness (QED) is 0.877. The van der Waals surface area contributed by atoms with E-state index in [9.17, 15) is 9.90 Å². The van der Waals surface area contributed by atoms with Crippen molar-refractivity contribution in [3.05, 3.63) is 54.5 Å². The number of aliphatic hydroxyl groups excluding tert-OH is 1. The lowest BCUT2D eigenvalue weighted by Gasteiger charge is -2.38. The van der Waals surface area contributed by atoms with Crippen molar-refractivity contribution in [3.63, 3.8) is 0 Å². The van der Waals surface area contributed by atoms with Crippen molar-refractivity contribution in [1.29, 1.82) is 0 Å². The van der Waals surface area contributed by atoms with Crippen molar-refractivity contribution in [3.8, 4) is 0 Å². The second-order valence-electron chi connectivity index (χ2n) is 6.67. The van der Waals surface area contributed by atoms with Gasteiger partial charge in [0.25, 0.3) is 0 Å². The van der Waals surface area contributed by atoms with Gasteiger partial charge < -0.3 is 14.4 Å². The topological polar surface area (TPSA) is 56.9 Å². The van der Waals surface area contributed by atoms with Crippen molar-refractivity contribution in [2.75, 3.05) is 18.0 Å². The molecule has 1 aliphatic heterocycles. The second-order valence-corrected chi connectivity index (χ2v) is 6.67. The van der Waals surface area contributed by atoms with E-state index in [4.69, 9.17) is 4.42 Å². The summed E-state index contributed by atoms with van der Waals surface area (Å²) in [7, 11) is 0. The third kappa shape index (κ3) is 4.50. The summed E-state index contributed by atoms with van der Waals surface area (Å²) >= 11 is 0. The predicted octanol–water partition coefficient (Wildman–Crippen LogP) is 3.05. The van der Waals surface area contributed by atoms with Crippen molar-refractivity contribution in [2.45, 2.75) is 44.9 Å². The largest absolute Gasteiger partial charge is 0.467 e. The molecule has 1 aromatic heterocycles. The molecule has 1 aliphatic rings. The Balaban J connectivity index is 1.76. The molecule has 134 valence electrons. The second kappa shape index (κ2) is 8.32. The molecule has 2 unspecified atom stereocenters. The number of rotatable bonds is 6. The van der Waals surface area contributed by atoms with Gasteiger partial charge in [0.2, 0.25) is 5.91 Å². The Kier molecular flexibility index (Phi) is 5.89. The van der Waals surface area contributed by atoms with Gasteiger partial charge in [-0.3, -0.25) is 9.69 Å². The van der Waals surface area contributed by atoms with Crippen LogP contribution >= 0.6 is 0 Å². The van der Waals surface area contributed by atoms with Gasteiger partial charge in [0.05, 0.1) is 25.5 Å². The minimum absolute atomic E-state index is 0.0233. The summed E-state index contributed by atoms with van der Waals surface area (Å²) in [6.45, 7) is 3.38. The maximum atomic E-state index is 13.1. The van der Waals surface area contributed by atoms with Crippen LogP contribution in [0.2, 0.25) is 0 Å². The van der Waals surface area contributed by atoms with E-state index in [1.165, 1.54) is 0 Å². The standard InChI is InChI=1S/C20H26N2O3/c1-16(23)19-11-5-6-12-21(19)15-20(24)22(14-18-10-7-13-25-18)17-8-3-2-4-9-17/h2-4,7-10,13,16,19,23H,5-6,11-12,14-15H2,1H3. The van der Waals surface area contributed by atoms with E-state index >= 15 is 0 Å². The molecule has 5 nitrogen and oxygen atoms in total. The lowest BCUT2D eigenvalue weighted by molar-refractivity contribution is -0.121. The minimum Gasteiger partial charge on any atom is -0.467 e. The van der Waals surface area contributed by atoms with Crippen molar-refractivity contribution >= 4 is 11.6 Å². The van der Waals surface area contributed by atoms with Crippen molar-refractivity contribution in [2.24, 2.45) is 0 Å². The number of furan rings is 1. The number of para-hydroxylation sites is 1. The van der Waals surface area contributed by atoms with Crippen LogP contribution in [0, 0.1) is 0 Å². The van der Waals surface area contributed by atoms with Gasteiger partial charge in [-0.25, -0.2) is 0 Å². The molecule has 25 heavy (non-hydrogen) atoms. The maximum Gasteiger partial charge on any atom is 0.241 e. The van der Waals surface area contributed by atoms with Gasteiger partial charge in [-0.2, -0.15) is 0 Å². The van der Waals surface area contributed by atoms with Gasteiger partial charge in [0.15, 0.2) is 0 Å². The Morgan fingerprint density at radius 1 is 1.28 bits per heavy atom. The molecule has 2 aromatic rings. The van der Waals surface area contributed by atoms with Gasteiger partial charge in [-0.05, 0) is 50.6 Å². The number of piperidine rings is 1. The summed E-state index contributed by atoms with van der Waals surface area (Å²) in [5.41, 5.74) is 0.856. The Bertz CT molecular complexity index is 655. The number of nitrogens with zero attached hydrogens (tertiary/aromatic N) is 2. The number of benzene rings is 1. The van der Waals surface area contributed by atoms with Gasteiger partial charge in [0.1, 0.15) is 5.76 Å². The fourth-order valence-electron chi connectivity index (χ4n) is 3.51. The van der Waals surface area contributed by atoms with Crippen LogP contribution in [0.25, 0.3) is 0 Å². The highest BCUT2D eigenvalue weighted by Crippen LogP contribution is 2.22. The third-order valence-corrected chi connectivity index (χ3v) is 4.82. The summed E-state index contributed by atoms with van der Waals surface area (Å²) in [5, 5.41) is 10.0. The van der Waals surface area contributed by atoms with E-state index in [0.29, 0.717) is 13.1 Å². The molecule has 0 bridgehead atoms. The molecule has 1 aromatic carbocycles. The molecule has 3 rings (SSSR count). The molecular formula is C20H26N2O3. The molecular weight excluding hydrogens is 316 g/mol. The summed E-state index contributed by atoms with van der Waals surface area (Å²) in [5.74, 6) is 0.776. The molecule has 0 saturated carbocycles. The third-order valence-electron chi connectivity index (χ3n) is 4.82. The molecule has 1 fully saturated rings.